The van der Waals surface area contributed by atoms with E-state index in [1.165, 1.54) is 32.1 Å². The van der Waals surface area contributed by atoms with Crippen molar-refractivity contribution in [3.63, 3.8) is 0 Å². The number of nitrogens with one attached hydrogen (secondary N) is 1. The lowest BCUT2D eigenvalue weighted by molar-refractivity contribution is -0.0691. The number of rotatable bonds is 3. The molecule has 21 heavy (non-hydrogen) atoms. The summed E-state index contributed by atoms with van der Waals surface area (Å²) in [6.45, 7) is 0. The standard InChI is InChI=1S/C18H24N2O/c1-20(19-18(21)14-5-3-2-4-6-14)17-15-8-12-7-13(10-15)11-16(17)9-12/h2-6,12-13,15-17H,7-11H2,1H3,(H,19,21). The number of carbonyl (C=O) groups excluding carboxylic acids is 1. The van der Waals surface area contributed by atoms with Gasteiger partial charge in [0.15, 0.2) is 0 Å². The van der Waals surface area contributed by atoms with Crippen LogP contribution in [0, 0.1) is 23.7 Å². The predicted octanol–water partition coefficient (Wildman–Crippen LogP) is 3.09. The molecule has 112 valence electrons. The molecule has 1 aromatic carbocycles. The molecule has 0 aromatic heterocycles. The van der Waals surface area contributed by atoms with Crippen LogP contribution in [-0.2, 0) is 0 Å². The summed E-state index contributed by atoms with van der Waals surface area (Å²) in [7, 11) is 2.06. The SMILES string of the molecule is CN(NC(=O)c1ccccc1)C1C2CC3CC(C2)CC1C3. The molecule has 0 atom stereocenters. The molecule has 4 aliphatic carbocycles. The first-order valence-corrected chi connectivity index (χ1v) is 8.29. The summed E-state index contributed by atoms with van der Waals surface area (Å²) in [6, 6.07) is 10.1. The lowest BCUT2D eigenvalue weighted by atomic mass is 9.54. The van der Waals surface area contributed by atoms with E-state index in [1.54, 1.807) is 0 Å². The summed E-state index contributed by atoms with van der Waals surface area (Å²) in [5.74, 6) is 3.56. The minimum atomic E-state index is 0.0203. The molecular weight excluding hydrogens is 260 g/mol. The highest BCUT2D eigenvalue weighted by atomic mass is 16.2. The van der Waals surface area contributed by atoms with Crippen LogP contribution in [-0.4, -0.2) is 24.0 Å². The molecule has 0 heterocycles. The van der Waals surface area contributed by atoms with Gasteiger partial charge in [-0.25, -0.2) is 5.01 Å². The minimum Gasteiger partial charge on any atom is -0.285 e. The van der Waals surface area contributed by atoms with Gasteiger partial charge in [0.1, 0.15) is 0 Å². The number of carbonyl (C=O) groups is 1. The van der Waals surface area contributed by atoms with Crippen molar-refractivity contribution in [2.24, 2.45) is 23.7 Å². The average Bonchev–Trinajstić information content (AvgIpc) is 2.47. The smallest absolute Gasteiger partial charge is 0.265 e. The summed E-state index contributed by atoms with van der Waals surface area (Å²) >= 11 is 0. The first kappa shape index (κ1) is 13.3. The van der Waals surface area contributed by atoms with Gasteiger partial charge in [-0.3, -0.25) is 10.2 Å². The molecule has 0 aliphatic heterocycles. The molecule has 3 nitrogen and oxygen atoms in total. The van der Waals surface area contributed by atoms with E-state index in [9.17, 15) is 4.79 Å². The van der Waals surface area contributed by atoms with Gasteiger partial charge in [0, 0.05) is 18.7 Å². The maximum atomic E-state index is 12.3. The quantitative estimate of drug-likeness (QED) is 0.865. The summed E-state index contributed by atoms with van der Waals surface area (Å²) < 4.78 is 0. The van der Waals surface area contributed by atoms with Gasteiger partial charge < -0.3 is 0 Å². The van der Waals surface area contributed by atoms with Crippen molar-refractivity contribution < 1.29 is 4.79 Å². The molecule has 1 N–H and O–H groups in total. The number of nitrogens with zero attached hydrogens (tertiary/aromatic N) is 1. The lowest BCUT2D eigenvalue weighted by Crippen LogP contribution is -2.59. The number of hydrogen-bond acceptors (Lipinski definition) is 2. The Morgan fingerprint density at radius 3 is 2.14 bits per heavy atom. The van der Waals surface area contributed by atoms with Gasteiger partial charge in [0.05, 0.1) is 0 Å². The molecule has 1 amide bonds. The van der Waals surface area contributed by atoms with Crippen molar-refractivity contribution in [1.82, 2.24) is 10.4 Å². The first-order valence-electron chi connectivity index (χ1n) is 8.29. The Balaban J connectivity index is 1.46. The average molecular weight is 284 g/mol. The molecule has 5 rings (SSSR count). The molecule has 0 spiro atoms. The van der Waals surface area contributed by atoms with Gasteiger partial charge in [-0.2, -0.15) is 0 Å². The highest BCUT2D eigenvalue weighted by molar-refractivity contribution is 5.93. The Kier molecular flexibility index (Phi) is 3.26. The fourth-order valence-corrected chi connectivity index (χ4v) is 5.42. The Labute approximate surface area is 126 Å². The van der Waals surface area contributed by atoms with Crippen molar-refractivity contribution in [2.75, 3.05) is 7.05 Å². The molecular formula is C18H24N2O. The Bertz CT molecular complexity index is 499. The second kappa shape index (κ2) is 5.13. The van der Waals surface area contributed by atoms with Gasteiger partial charge in [0.25, 0.3) is 5.91 Å². The van der Waals surface area contributed by atoms with E-state index in [-0.39, 0.29) is 5.91 Å². The van der Waals surface area contributed by atoms with Gasteiger partial charge in [-0.05, 0) is 67.9 Å². The molecule has 0 unspecified atom stereocenters. The van der Waals surface area contributed by atoms with Crippen LogP contribution in [0.15, 0.2) is 30.3 Å². The van der Waals surface area contributed by atoms with Crippen LogP contribution < -0.4 is 5.43 Å². The second-order valence-electron chi connectivity index (χ2n) is 7.34. The first-order chi connectivity index (χ1) is 10.2. The molecule has 4 saturated carbocycles. The summed E-state index contributed by atoms with van der Waals surface area (Å²) in [5, 5.41) is 2.13. The fraction of sp³-hybridized carbons (Fsp3) is 0.611. The molecule has 4 aliphatic rings. The molecule has 0 radical (unpaired) electrons. The van der Waals surface area contributed by atoms with Crippen molar-refractivity contribution in [3.05, 3.63) is 35.9 Å². The van der Waals surface area contributed by atoms with Crippen molar-refractivity contribution >= 4 is 5.91 Å². The number of benzene rings is 1. The predicted molar refractivity (Wildman–Crippen MR) is 82.5 cm³/mol. The van der Waals surface area contributed by atoms with E-state index in [2.05, 4.69) is 17.5 Å². The topological polar surface area (TPSA) is 32.3 Å². The lowest BCUT2D eigenvalue weighted by Gasteiger charge is -2.56. The monoisotopic (exact) mass is 284 g/mol. The van der Waals surface area contributed by atoms with Gasteiger partial charge in [-0.1, -0.05) is 18.2 Å². The molecule has 1 aromatic rings. The van der Waals surface area contributed by atoms with Crippen molar-refractivity contribution in [2.45, 2.75) is 38.1 Å². The summed E-state index contributed by atoms with van der Waals surface area (Å²) in [5.41, 5.74) is 3.86. The van der Waals surface area contributed by atoms with Gasteiger partial charge in [0.2, 0.25) is 0 Å². The third-order valence-electron chi connectivity index (χ3n) is 5.94. The minimum absolute atomic E-state index is 0.0203. The van der Waals surface area contributed by atoms with E-state index >= 15 is 0 Å². The number of hydrogen-bond donors (Lipinski definition) is 1. The Morgan fingerprint density at radius 2 is 1.57 bits per heavy atom. The third-order valence-corrected chi connectivity index (χ3v) is 5.94. The van der Waals surface area contributed by atoms with E-state index in [4.69, 9.17) is 0 Å². The Morgan fingerprint density at radius 1 is 1.00 bits per heavy atom. The highest BCUT2D eigenvalue weighted by Crippen LogP contribution is 2.54. The highest BCUT2D eigenvalue weighted by Gasteiger charge is 2.49. The van der Waals surface area contributed by atoms with Crippen LogP contribution in [0.2, 0.25) is 0 Å². The number of amides is 1. The van der Waals surface area contributed by atoms with Crippen LogP contribution in [0.25, 0.3) is 0 Å². The fourth-order valence-electron chi connectivity index (χ4n) is 5.42. The zero-order valence-electron chi connectivity index (χ0n) is 12.7. The van der Waals surface area contributed by atoms with Crippen molar-refractivity contribution in [3.8, 4) is 0 Å². The zero-order valence-corrected chi connectivity index (χ0v) is 12.7. The Hall–Kier alpha value is -1.35. The van der Waals surface area contributed by atoms with Crippen LogP contribution in [0.3, 0.4) is 0 Å². The second-order valence-corrected chi connectivity index (χ2v) is 7.34. The van der Waals surface area contributed by atoms with Crippen LogP contribution in [0.5, 0.6) is 0 Å². The molecule has 4 fully saturated rings. The normalized spacial score (nSPS) is 37.0. The van der Waals surface area contributed by atoms with Gasteiger partial charge >= 0.3 is 0 Å². The van der Waals surface area contributed by atoms with E-state index < -0.39 is 0 Å². The zero-order chi connectivity index (χ0) is 14.4. The van der Waals surface area contributed by atoms with Crippen LogP contribution in [0.1, 0.15) is 42.5 Å². The summed E-state index contributed by atoms with van der Waals surface area (Å²) in [4.78, 5) is 12.3. The van der Waals surface area contributed by atoms with Crippen molar-refractivity contribution in [1.29, 1.82) is 0 Å². The molecule has 0 saturated heterocycles. The van der Waals surface area contributed by atoms with Crippen LogP contribution in [0.4, 0.5) is 0 Å². The van der Waals surface area contributed by atoms with E-state index in [1.807, 2.05) is 30.3 Å². The maximum absolute atomic E-state index is 12.3. The number of hydrazine groups is 1. The van der Waals surface area contributed by atoms with Crippen LogP contribution >= 0.6 is 0 Å². The van der Waals surface area contributed by atoms with Gasteiger partial charge in [-0.15, -0.1) is 0 Å². The maximum Gasteiger partial charge on any atom is 0.265 e. The molecule has 3 heteroatoms. The largest absolute Gasteiger partial charge is 0.285 e. The van der Waals surface area contributed by atoms with E-state index in [0.29, 0.717) is 6.04 Å². The molecule has 4 bridgehead atoms. The van der Waals surface area contributed by atoms with E-state index in [0.717, 1.165) is 29.2 Å². The summed E-state index contributed by atoms with van der Waals surface area (Å²) in [6.07, 6.45) is 6.98. The third kappa shape index (κ3) is 2.38.